The molecule has 0 aromatic heterocycles. The van der Waals surface area contributed by atoms with Gasteiger partial charge in [-0.25, -0.2) is 16.8 Å². The maximum atomic E-state index is 13.7. The number of anilines is 2. The minimum atomic E-state index is -3.99. The van der Waals surface area contributed by atoms with E-state index >= 15 is 0 Å². The Bertz CT molecular complexity index is 1970. The van der Waals surface area contributed by atoms with Gasteiger partial charge in [-0.15, -0.1) is 0 Å². The van der Waals surface area contributed by atoms with Crippen LogP contribution in [0.2, 0.25) is 0 Å². The molecule has 0 amide bonds. The van der Waals surface area contributed by atoms with Gasteiger partial charge in [0.15, 0.2) is 0 Å². The van der Waals surface area contributed by atoms with Crippen LogP contribution in [0.5, 0.6) is 11.5 Å². The Labute approximate surface area is 306 Å². The number of ether oxygens (including phenoxy) is 2. The Morgan fingerprint density at radius 2 is 0.731 bits per heavy atom. The summed E-state index contributed by atoms with van der Waals surface area (Å²) in [5.41, 5.74) is 4.63. The second-order valence-electron chi connectivity index (χ2n) is 12.8. The molecular weight excluding hydrogens is 701 g/mol. The zero-order valence-corrected chi connectivity index (χ0v) is 31.2. The van der Waals surface area contributed by atoms with E-state index in [4.69, 9.17) is 9.47 Å². The molecule has 10 nitrogen and oxygen atoms in total. The van der Waals surface area contributed by atoms with Crippen molar-refractivity contribution < 1.29 is 36.5 Å². The van der Waals surface area contributed by atoms with Gasteiger partial charge >= 0.3 is 0 Å². The standard InChI is InChI=1S/C40H44N2O8S2/c1-29-5-13-33(14-6-29)41(51(45,46)39-21-9-31(3)10-22-39)25-35(43)27-49-37-17-19-38(20-18-37)50-28-36(44)26-42(34-15-7-30(2)8-16-34)52(47,48)40-23-11-32(4)12-24-40/h5-24,35-36,43-44H,25-28H2,1-4H3/t35-,36-/m1/s1. The quantitative estimate of drug-likeness (QED) is 0.122. The Balaban J connectivity index is 1.20. The molecule has 5 aromatic carbocycles. The lowest BCUT2D eigenvalue weighted by Crippen LogP contribution is -2.40. The Morgan fingerprint density at radius 1 is 0.462 bits per heavy atom. The molecule has 0 saturated carbocycles. The van der Waals surface area contributed by atoms with Gasteiger partial charge in [-0.3, -0.25) is 8.61 Å². The van der Waals surface area contributed by atoms with E-state index in [2.05, 4.69) is 0 Å². The predicted octanol–water partition coefficient (Wildman–Crippen LogP) is 6.19. The number of rotatable bonds is 16. The van der Waals surface area contributed by atoms with E-state index in [0.29, 0.717) is 22.9 Å². The second kappa shape index (κ2) is 16.6. The van der Waals surface area contributed by atoms with Gasteiger partial charge in [0.25, 0.3) is 20.0 Å². The normalized spacial score (nSPS) is 12.9. The fourth-order valence-electron chi connectivity index (χ4n) is 5.29. The predicted molar refractivity (Wildman–Crippen MR) is 203 cm³/mol. The van der Waals surface area contributed by atoms with Gasteiger partial charge in [0.2, 0.25) is 0 Å². The molecule has 5 aromatic rings. The average molecular weight is 745 g/mol. The molecule has 5 rings (SSSR count). The largest absolute Gasteiger partial charge is 0.491 e. The van der Waals surface area contributed by atoms with Gasteiger partial charge in [0.1, 0.15) is 36.9 Å². The average Bonchev–Trinajstić information content (AvgIpc) is 3.12. The molecule has 2 N–H and O–H groups in total. The first-order valence-electron chi connectivity index (χ1n) is 16.8. The highest BCUT2D eigenvalue weighted by molar-refractivity contribution is 7.93. The van der Waals surface area contributed by atoms with Crippen molar-refractivity contribution in [2.75, 3.05) is 34.9 Å². The zero-order valence-electron chi connectivity index (χ0n) is 29.6. The van der Waals surface area contributed by atoms with Crippen LogP contribution < -0.4 is 18.1 Å². The molecule has 0 aliphatic rings. The van der Waals surface area contributed by atoms with E-state index < -0.39 is 32.3 Å². The molecule has 52 heavy (non-hydrogen) atoms. The highest BCUT2D eigenvalue weighted by Crippen LogP contribution is 2.27. The van der Waals surface area contributed by atoms with Crippen LogP contribution in [0.15, 0.2) is 131 Å². The van der Waals surface area contributed by atoms with Crippen molar-refractivity contribution in [3.63, 3.8) is 0 Å². The third-order valence-electron chi connectivity index (χ3n) is 8.32. The molecule has 0 saturated heterocycles. The number of aliphatic hydroxyl groups excluding tert-OH is 2. The summed E-state index contributed by atoms with van der Waals surface area (Å²) in [4.78, 5) is 0.228. The third-order valence-corrected chi connectivity index (χ3v) is 11.9. The smallest absolute Gasteiger partial charge is 0.264 e. The van der Waals surface area contributed by atoms with Crippen molar-refractivity contribution in [1.82, 2.24) is 0 Å². The molecule has 274 valence electrons. The first-order chi connectivity index (χ1) is 24.7. The van der Waals surface area contributed by atoms with E-state index in [9.17, 15) is 27.0 Å². The highest BCUT2D eigenvalue weighted by atomic mass is 32.2. The molecule has 0 spiro atoms. The van der Waals surface area contributed by atoms with Crippen molar-refractivity contribution in [3.05, 3.63) is 144 Å². The summed E-state index contributed by atoms with van der Waals surface area (Å²) >= 11 is 0. The Hall–Kier alpha value is -4.88. The van der Waals surface area contributed by atoms with Crippen LogP contribution in [0.3, 0.4) is 0 Å². The number of aliphatic hydroxyl groups is 2. The molecule has 0 heterocycles. The monoisotopic (exact) mass is 744 g/mol. The number of hydrogen-bond acceptors (Lipinski definition) is 8. The summed E-state index contributed by atoms with van der Waals surface area (Å²) in [6, 6.07) is 33.6. The number of sulfonamides is 2. The molecule has 0 aliphatic carbocycles. The summed E-state index contributed by atoms with van der Waals surface area (Å²) in [7, 11) is -7.97. The van der Waals surface area contributed by atoms with Gasteiger partial charge < -0.3 is 19.7 Å². The van der Waals surface area contributed by atoms with Crippen molar-refractivity contribution in [3.8, 4) is 11.5 Å². The Morgan fingerprint density at radius 3 is 1.02 bits per heavy atom. The summed E-state index contributed by atoms with van der Waals surface area (Å²) in [5, 5.41) is 21.9. The zero-order chi connectivity index (χ0) is 37.5. The molecule has 0 radical (unpaired) electrons. The van der Waals surface area contributed by atoms with E-state index in [-0.39, 0.29) is 36.1 Å². The van der Waals surface area contributed by atoms with Gasteiger partial charge in [-0.1, -0.05) is 70.8 Å². The molecular formula is C40H44N2O8S2. The van der Waals surface area contributed by atoms with Crippen LogP contribution >= 0.6 is 0 Å². The van der Waals surface area contributed by atoms with Crippen LogP contribution in [0.25, 0.3) is 0 Å². The summed E-state index contributed by atoms with van der Waals surface area (Å²) in [6.07, 6.45) is -2.33. The minimum absolute atomic E-state index is 0.114. The molecule has 0 aliphatic heterocycles. The van der Waals surface area contributed by atoms with Crippen LogP contribution in [0, 0.1) is 27.7 Å². The van der Waals surface area contributed by atoms with Crippen molar-refractivity contribution in [2.45, 2.75) is 49.7 Å². The Kier molecular flexibility index (Phi) is 12.3. The number of hydrogen-bond donors (Lipinski definition) is 2. The van der Waals surface area contributed by atoms with Gasteiger partial charge in [0, 0.05) is 0 Å². The van der Waals surface area contributed by atoms with Crippen molar-refractivity contribution >= 4 is 31.4 Å². The summed E-state index contributed by atoms with van der Waals surface area (Å²) < 4.78 is 68.6. The van der Waals surface area contributed by atoms with Gasteiger partial charge in [-0.2, -0.15) is 0 Å². The minimum Gasteiger partial charge on any atom is -0.491 e. The molecule has 2 atom stereocenters. The SMILES string of the molecule is Cc1ccc(N(C[C@@H](O)COc2ccc(OC[C@H](O)CN(c3ccc(C)cc3)S(=O)(=O)c3ccc(C)cc3)cc2)S(=O)(=O)c2ccc(C)cc2)cc1. The number of nitrogens with zero attached hydrogens (tertiary/aromatic N) is 2. The molecule has 12 heteroatoms. The number of aryl methyl sites for hydroxylation is 4. The van der Waals surface area contributed by atoms with Gasteiger partial charge in [-0.05, 0) is 100 Å². The first kappa shape index (κ1) is 38.4. The van der Waals surface area contributed by atoms with Crippen molar-refractivity contribution in [2.24, 2.45) is 0 Å². The summed E-state index contributed by atoms with van der Waals surface area (Å²) in [5.74, 6) is 0.815. The van der Waals surface area contributed by atoms with Crippen molar-refractivity contribution in [1.29, 1.82) is 0 Å². The summed E-state index contributed by atoms with van der Waals surface area (Å²) in [6.45, 7) is 6.72. The van der Waals surface area contributed by atoms with E-state index in [1.54, 1.807) is 97.1 Å². The lowest BCUT2D eigenvalue weighted by Gasteiger charge is -2.27. The van der Waals surface area contributed by atoms with E-state index in [1.165, 1.54) is 8.61 Å². The molecule has 0 fully saturated rings. The van der Waals surface area contributed by atoms with Gasteiger partial charge in [0.05, 0.1) is 34.3 Å². The molecule has 0 unspecified atom stereocenters. The van der Waals surface area contributed by atoms with E-state index in [1.807, 2.05) is 52.0 Å². The van der Waals surface area contributed by atoms with Crippen LogP contribution in [0.1, 0.15) is 22.3 Å². The van der Waals surface area contributed by atoms with Crippen LogP contribution in [-0.2, 0) is 20.0 Å². The first-order valence-corrected chi connectivity index (χ1v) is 19.6. The lowest BCUT2D eigenvalue weighted by atomic mass is 10.2. The van der Waals surface area contributed by atoms with Crippen LogP contribution in [0.4, 0.5) is 11.4 Å². The number of benzene rings is 5. The molecule has 0 bridgehead atoms. The maximum absolute atomic E-state index is 13.7. The third kappa shape index (κ3) is 9.71. The highest BCUT2D eigenvalue weighted by Gasteiger charge is 2.29. The maximum Gasteiger partial charge on any atom is 0.264 e. The van der Waals surface area contributed by atoms with Crippen LogP contribution in [-0.4, -0.2) is 65.6 Å². The lowest BCUT2D eigenvalue weighted by molar-refractivity contribution is 0.113. The fraction of sp³-hybridized carbons (Fsp3) is 0.250. The van der Waals surface area contributed by atoms with E-state index in [0.717, 1.165) is 22.3 Å². The second-order valence-corrected chi connectivity index (χ2v) is 16.5. The fourth-order valence-corrected chi connectivity index (χ4v) is 8.29. The topological polar surface area (TPSA) is 134 Å².